The second kappa shape index (κ2) is 7.09. The molecule has 0 radical (unpaired) electrons. The molecule has 0 aliphatic carbocycles. The fourth-order valence-corrected chi connectivity index (χ4v) is 3.17. The van der Waals surface area contributed by atoms with Crippen LogP contribution in [0.1, 0.15) is 0 Å². The third-order valence-corrected chi connectivity index (χ3v) is 4.63. The molecule has 4 rings (SSSR count). The molecule has 1 aromatic carbocycles. The van der Waals surface area contributed by atoms with Gasteiger partial charge in [0.2, 0.25) is 5.95 Å². The Morgan fingerprint density at radius 3 is 2.42 bits per heavy atom. The Bertz CT molecular complexity index is 1010. The quantitative estimate of drug-likeness (QED) is 0.678. The maximum Gasteiger partial charge on any atom is 0.422 e. The summed E-state index contributed by atoms with van der Waals surface area (Å²) in [5.74, 6) is 0.128. The lowest BCUT2D eigenvalue weighted by Gasteiger charge is -2.34. The second-order valence-electron chi connectivity index (χ2n) is 6.20. The van der Waals surface area contributed by atoms with Gasteiger partial charge in [0.05, 0.1) is 5.39 Å². The lowest BCUT2D eigenvalue weighted by atomic mass is 10.2. The lowest BCUT2D eigenvalue weighted by Crippen LogP contribution is -2.48. The van der Waals surface area contributed by atoms with E-state index in [-0.39, 0.29) is 5.56 Å². The fourth-order valence-electron chi connectivity index (χ4n) is 3.17. The van der Waals surface area contributed by atoms with Crippen molar-refractivity contribution in [2.24, 2.45) is 0 Å². The first-order chi connectivity index (χ1) is 12.7. The molecule has 3 aromatic rings. The van der Waals surface area contributed by atoms with Crippen molar-refractivity contribution < 1.29 is 4.42 Å². The summed E-state index contributed by atoms with van der Waals surface area (Å²) in [7, 11) is 0. The van der Waals surface area contributed by atoms with Gasteiger partial charge in [0.1, 0.15) is 5.58 Å². The molecule has 0 spiro atoms. The topological polar surface area (TPSA) is 84.5 Å². The van der Waals surface area contributed by atoms with Gasteiger partial charge in [-0.3, -0.25) is 9.69 Å². The highest BCUT2D eigenvalue weighted by atomic mass is 16.4. The predicted octanol–water partition coefficient (Wildman–Crippen LogP) is 0.567. The van der Waals surface area contributed by atoms with Crippen molar-refractivity contribution in [2.75, 3.05) is 37.6 Å². The zero-order valence-corrected chi connectivity index (χ0v) is 14.2. The van der Waals surface area contributed by atoms with Gasteiger partial charge in [0, 0.05) is 51.7 Å². The number of piperazine rings is 1. The Morgan fingerprint density at radius 1 is 0.923 bits per heavy atom. The van der Waals surface area contributed by atoms with E-state index in [4.69, 9.17) is 4.42 Å². The summed E-state index contributed by atoms with van der Waals surface area (Å²) in [6, 6.07) is 8.61. The number of para-hydroxylation sites is 1. The van der Waals surface area contributed by atoms with Gasteiger partial charge in [-0.05, 0) is 18.2 Å². The van der Waals surface area contributed by atoms with Gasteiger partial charge in [0.15, 0.2) is 0 Å². The molecule has 0 saturated carbocycles. The number of hydrogen-bond donors (Lipinski definition) is 0. The van der Waals surface area contributed by atoms with Crippen LogP contribution in [0.5, 0.6) is 0 Å². The molecule has 1 saturated heterocycles. The zero-order chi connectivity index (χ0) is 17.9. The van der Waals surface area contributed by atoms with E-state index in [0.29, 0.717) is 24.1 Å². The fraction of sp³-hybridized carbons (Fsp3) is 0.333. The van der Waals surface area contributed by atoms with Crippen LogP contribution in [-0.2, 0) is 6.54 Å². The van der Waals surface area contributed by atoms with Gasteiger partial charge in [-0.15, -0.1) is 0 Å². The highest BCUT2D eigenvalue weighted by Gasteiger charge is 2.19. The van der Waals surface area contributed by atoms with Crippen LogP contribution >= 0.6 is 0 Å². The lowest BCUT2D eigenvalue weighted by molar-refractivity contribution is 0.241. The molecule has 26 heavy (non-hydrogen) atoms. The molecule has 3 heterocycles. The van der Waals surface area contributed by atoms with Gasteiger partial charge in [0.25, 0.3) is 5.56 Å². The molecule has 134 valence electrons. The van der Waals surface area contributed by atoms with Crippen LogP contribution in [0.25, 0.3) is 11.0 Å². The third kappa shape index (κ3) is 3.23. The predicted molar refractivity (Wildman–Crippen MR) is 97.4 cm³/mol. The summed E-state index contributed by atoms with van der Waals surface area (Å²) in [6.45, 7) is 4.20. The van der Waals surface area contributed by atoms with E-state index < -0.39 is 5.76 Å². The maximum absolute atomic E-state index is 12.5. The number of hydrogen-bond acceptors (Lipinski definition) is 7. The highest BCUT2D eigenvalue weighted by Crippen LogP contribution is 2.10. The smallest absolute Gasteiger partial charge is 0.409 e. The van der Waals surface area contributed by atoms with Crippen molar-refractivity contribution in [2.45, 2.75) is 6.54 Å². The number of fused-ring (bicyclic) bond motifs is 1. The normalized spacial score (nSPS) is 15.5. The monoisotopic (exact) mass is 353 g/mol. The minimum Gasteiger partial charge on any atom is -0.409 e. The first-order valence-electron chi connectivity index (χ1n) is 8.59. The Labute approximate surface area is 149 Å². The van der Waals surface area contributed by atoms with Crippen LogP contribution in [0.2, 0.25) is 0 Å². The van der Waals surface area contributed by atoms with Crippen LogP contribution in [0.15, 0.2) is 56.7 Å². The summed E-state index contributed by atoms with van der Waals surface area (Å²) in [5.41, 5.74) is 0.0309. The summed E-state index contributed by atoms with van der Waals surface area (Å²) >= 11 is 0. The van der Waals surface area contributed by atoms with E-state index >= 15 is 0 Å². The molecule has 0 atom stereocenters. The van der Waals surface area contributed by atoms with E-state index in [1.165, 1.54) is 4.57 Å². The van der Waals surface area contributed by atoms with Crippen LogP contribution in [0.3, 0.4) is 0 Å². The maximum atomic E-state index is 12.5. The summed E-state index contributed by atoms with van der Waals surface area (Å²) < 4.78 is 6.43. The highest BCUT2D eigenvalue weighted by molar-refractivity contribution is 5.74. The van der Waals surface area contributed by atoms with E-state index in [1.54, 1.807) is 42.7 Å². The van der Waals surface area contributed by atoms with Gasteiger partial charge >= 0.3 is 5.76 Å². The summed E-state index contributed by atoms with van der Waals surface area (Å²) in [4.78, 5) is 37.5. The van der Waals surface area contributed by atoms with Gasteiger partial charge in [-0.1, -0.05) is 12.1 Å². The molecular formula is C18H19N5O3. The van der Waals surface area contributed by atoms with E-state index in [1.807, 2.05) is 0 Å². The summed E-state index contributed by atoms with van der Waals surface area (Å²) in [6.07, 6.45) is 3.47. The van der Waals surface area contributed by atoms with Gasteiger partial charge in [-0.2, -0.15) is 0 Å². The molecule has 8 heteroatoms. The molecular weight excluding hydrogens is 334 g/mol. The molecule has 0 bridgehead atoms. The van der Waals surface area contributed by atoms with Crippen molar-refractivity contribution in [3.05, 3.63) is 63.6 Å². The molecule has 8 nitrogen and oxygen atoms in total. The largest absolute Gasteiger partial charge is 0.422 e. The van der Waals surface area contributed by atoms with Crippen molar-refractivity contribution in [3.8, 4) is 0 Å². The average molecular weight is 353 g/mol. The molecule has 0 amide bonds. The van der Waals surface area contributed by atoms with Crippen LogP contribution < -0.4 is 16.2 Å². The Balaban J connectivity index is 1.42. The molecule has 2 aromatic heterocycles. The minimum atomic E-state index is -0.606. The van der Waals surface area contributed by atoms with E-state index in [2.05, 4.69) is 19.8 Å². The van der Waals surface area contributed by atoms with Crippen molar-refractivity contribution in [3.63, 3.8) is 0 Å². The number of benzene rings is 1. The number of anilines is 1. The second-order valence-corrected chi connectivity index (χ2v) is 6.20. The number of aromatic nitrogens is 3. The molecule has 1 aliphatic rings. The Kier molecular flexibility index (Phi) is 4.49. The Hall–Kier alpha value is -3.00. The molecule has 1 fully saturated rings. The van der Waals surface area contributed by atoms with E-state index in [0.717, 1.165) is 32.1 Å². The van der Waals surface area contributed by atoms with Crippen LogP contribution in [0, 0.1) is 0 Å². The van der Waals surface area contributed by atoms with Crippen molar-refractivity contribution >= 4 is 16.9 Å². The third-order valence-electron chi connectivity index (χ3n) is 4.63. The van der Waals surface area contributed by atoms with Crippen molar-refractivity contribution in [1.82, 2.24) is 19.4 Å². The van der Waals surface area contributed by atoms with Crippen LogP contribution in [-0.4, -0.2) is 52.2 Å². The Morgan fingerprint density at radius 2 is 1.65 bits per heavy atom. The first-order valence-corrected chi connectivity index (χ1v) is 8.59. The van der Waals surface area contributed by atoms with E-state index in [9.17, 15) is 9.59 Å². The zero-order valence-electron chi connectivity index (χ0n) is 14.2. The standard InChI is InChI=1S/C18H19N5O3/c24-16-14-4-1-2-5-15(14)26-18(25)23(16)13-10-21-8-11-22(12-9-21)17-19-6-3-7-20-17/h1-7H,8-13H2. The van der Waals surface area contributed by atoms with Gasteiger partial charge in [-0.25, -0.2) is 19.3 Å². The van der Waals surface area contributed by atoms with Crippen LogP contribution in [0.4, 0.5) is 5.95 Å². The summed E-state index contributed by atoms with van der Waals surface area (Å²) in [5, 5.41) is 0.429. The molecule has 0 unspecified atom stereocenters. The first kappa shape index (κ1) is 16.5. The van der Waals surface area contributed by atoms with Crippen molar-refractivity contribution in [1.29, 1.82) is 0 Å². The molecule has 1 aliphatic heterocycles. The number of rotatable bonds is 4. The average Bonchev–Trinajstić information content (AvgIpc) is 2.69. The minimum absolute atomic E-state index is 0.298. The van der Waals surface area contributed by atoms with Gasteiger partial charge < -0.3 is 9.32 Å². The number of nitrogens with zero attached hydrogens (tertiary/aromatic N) is 5. The molecule has 0 N–H and O–H groups in total. The SMILES string of the molecule is O=c1oc2ccccc2c(=O)n1CCN1CCN(c2ncccn2)CC1.